The van der Waals surface area contributed by atoms with Crippen LogP contribution in [0.1, 0.15) is 48.6 Å². The van der Waals surface area contributed by atoms with Gasteiger partial charge < -0.3 is 4.57 Å². The first-order valence-electron chi connectivity index (χ1n) is 10.7. The Bertz CT molecular complexity index is 1200. The largest absolute Gasteiger partial charge is 0.314 e. The predicted molar refractivity (Wildman–Crippen MR) is 134 cm³/mol. The first kappa shape index (κ1) is 22.0. The summed E-state index contributed by atoms with van der Waals surface area (Å²) in [5.41, 5.74) is 8.98. The first-order chi connectivity index (χ1) is 14.7. The molecule has 0 N–H and O–H groups in total. The van der Waals surface area contributed by atoms with Gasteiger partial charge in [-0.15, -0.1) is 0 Å². The molecular weight excluding hydrogens is 420 g/mol. The van der Waals surface area contributed by atoms with E-state index in [0.717, 1.165) is 33.5 Å². The average molecular weight is 449 g/mol. The summed E-state index contributed by atoms with van der Waals surface area (Å²) < 4.78 is 2.31. The maximum atomic E-state index is 6.25. The van der Waals surface area contributed by atoms with E-state index >= 15 is 0 Å². The zero-order valence-electron chi connectivity index (χ0n) is 18.9. The minimum atomic E-state index is 0.157. The zero-order chi connectivity index (χ0) is 22.2. The van der Waals surface area contributed by atoms with Crippen LogP contribution < -0.4 is 0 Å². The molecule has 0 aliphatic heterocycles. The number of halogens is 1. The second kappa shape index (κ2) is 8.72. The van der Waals surface area contributed by atoms with Crippen molar-refractivity contribution in [2.24, 2.45) is 0 Å². The van der Waals surface area contributed by atoms with Crippen molar-refractivity contribution in [1.82, 2.24) is 9.55 Å². The van der Waals surface area contributed by atoms with Crippen molar-refractivity contribution in [2.75, 3.05) is 0 Å². The number of hydrogen-bond acceptors (Lipinski definition) is 2. The minimum Gasteiger partial charge on any atom is -0.314 e. The van der Waals surface area contributed by atoms with Crippen LogP contribution in [0, 0.1) is 13.8 Å². The standard InChI is InChI=1S/C27H29ClN2S/c1-18-13-21(27(3,4)5)14-19(2)23(18)17-31-26-29-24-15-22(28)11-12-25(24)30(26)16-20-9-7-6-8-10-20/h6-15H,16-17H2,1-5H3. The number of aromatic nitrogens is 2. The van der Waals surface area contributed by atoms with Crippen LogP contribution in [0.15, 0.2) is 65.8 Å². The molecule has 0 aliphatic rings. The van der Waals surface area contributed by atoms with Gasteiger partial charge in [-0.3, -0.25) is 0 Å². The molecule has 0 saturated heterocycles. The lowest BCUT2D eigenvalue weighted by atomic mass is 9.84. The Morgan fingerprint density at radius 2 is 1.61 bits per heavy atom. The van der Waals surface area contributed by atoms with Gasteiger partial charge in [0.15, 0.2) is 5.16 Å². The molecule has 1 heterocycles. The summed E-state index contributed by atoms with van der Waals surface area (Å²) in [4.78, 5) is 4.94. The monoisotopic (exact) mass is 448 g/mol. The smallest absolute Gasteiger partial charge is 0.169 e. The Morgan fingerprint density at radius 3 is 2.26 bits per heavy atom. The van der Waals surface area contributed by atoms with Crippen molar-refractivity contribution < 1.29 is 0 Å². The van der Waals surface area contributed by atoms with Gasteiger partial charge in [-0.25, -0.2) is 4.98 Å². The molecule has 0 amide bonds. The summed E-state index contributed by atoms with van der Waals surface area (Å²) in [7, 11) is 0. The molecule has 0 saturated carbocycles. The summed E-state index contributed by atoms with van der Waals surface area (Å²) in [6.07, 6.45) is 0. The Labute approximate surface area is 194 Å². The Hall–Kier alpha value is -2.23. The van der Waals surface area contributed by atoms with E-state index in [4.69, 9.17) is 16.6 Å². The maximum absolute atomic E-state index is 6.25. The summed E-state index contributed by atoms with van der Waals surface area (Å²) in [6.45, 7) is 12.1. The molecule has 0 atom stereocenters. The van der Waals surface area contributed by atoms with Gasteiger partial charge in [0.1, 0.15) is 0 Å². The summed E-state index contributed by atoms with van der Waals surface area (Å²) >= 11 is 8.05. The van der Waals surface area contributed by atoms with E-state index in [0.29, 0.717) is 0 Å². The van der Waals surface area contributed by atoms with Gasteiger partial charge in [0.25, 0.3) is 0 Å². The van der Waals surface area contributed by atoms with E-state index in [1.807, 2.05) is 12.1 Å². The summed E-state index contributed by atoms with van der Waals surface area (Å²) in [5, 5.41) is 1.75. The Kier molecular flexibility index (Phi) is 6.18. The molecule has 0 aliphatic carbocycles. The molecule has 31 heavy (non-hydrogen) atoms. The lowest BCUT2D eigenvalue weighted by Gasteiger charge is -2.22. The molecule has 0 unspecified atom stereocenters. The number of imidazole rings is 1. The minimum absolute atomic E-state index is 0.157. The molecular formula is C27H29ClN2S. The highest BCUT2D eigenvalue weighted by molar-refractivity contribution is 7.98. The lowest BCUT2D eigenvalue weighted by Crippen LogP contribution is -2.12. The van der Waals surface area contributed by atoms with Crippen LogP contribution in [0.2, 0.25) is 5.02 Å². The fourth-order valence-corrected chi connectivity index (χ4v) is 5.28. The highest BCUT2D eigenvalue weighted by Crippen LogP contribution is 2.33. The fraction of sp³-hybridized carbons (Fsp3) is 0.296. The number of aryl methyl sites for hydroxylation is 2. The van der Waals surface area contributed by atoms with Gasteiger partial charge in [-0.05, 0) is 65.3 Å². The normalized spacial score (nSPS) is 11.9. The highest BCUT2D eigenvalue weighted by atomic mass is 35.5. The van der Waals surface area contributed by atoms with E-state index < -0.39 is 0 Å². The molecule has 4 aromatic rings. The van der Waals surface area contributed by atoms with Crippen LogP contribution in [-0.4, -0.2) is 9.55 Å². The van der Waals surface area contributed by atoms with Crippen LogP contribution in [0.25, 0.3) is 11.0 Å². The molecule has 4 heteroatoms. The van der Waals surface area contributed by atoms with Gasteiger partial charge in [0.2, 0.25) is 0 Å². The van der Waals surface area contributed by atoms with Crippen molar-refractivity contribution in [3.63, 3.8) is 0 Å². The summed E-state index contributed by atoms with van der Waals surface area (Å²) in [6, 6.07) is 21.2. The van der Waals surface area contributed by atoms with Crippen LogP contribution in [0.3, 0.4) is 0 Å². The van der Waals surface area contributed by atoms with Crippen LogP contribution in [0.4, 0.5) is 0 Å². The number of rotatable bonds is 5. The first-order valence-corrected chi connectivity index (χ1v) is 12.0. The van der Waals surface area contributed by atoms with E-state index in [1.165, 1.54) is 27.8 Å². The number of benzene rings is 3. The fourth-order valence-electron chi connectivity index (χ4n) is 3.90. The zero-order valence-corrected chi connectivity index (χ0v) is 20.4. The van der Waals surface area contributed by atoms with Crippen molar-refractivity contribution >= 4 is 34.4 Å². The maximum Gasteiger partial charge on any atom is 0.169 e. The molecule has 0 fully saturated rings. The van der Waals surface area contributed by atoms with Crippen LogP contribution in [-0.2, 0) is 17.7 Å². The molecule has 0 bridgehead atoms. The summed E-state index contributed by atoms with van der Waals surface area (Å²) in [5.74, 6) is 0.897. The van der Waals surface area contributed by atoms with Gasteiger partial charge >= 0.3 is 0 Å². The van der Waals surface area contributed by atoms with E-state index in [2.05, 4.69) is 87.7 Å². The third-order valence-electron chi connectivity index (χ3n) is 5.77. The number of hydrogen-bond donors (Lipinski definition) is 0. The quantitative estimate of drug-likeness (QED) is 0.288. The third-order valence-corrected chi connectivity index (χ3v) is 7.00. The number of thioether (sulfide) groups is 1. The van der Waals surface area contributed by atoms with Gasteiger partial charge in [0, 0.05) is 10.8 Å². The van der Waals surface area contributed by atoms with Gasteiger partial charge in [0.05, 0.1) is 17.6 Å². The van der Waals surface area contributed by atoms with Crippen LogP contribution in [0.5, 0.6) is 0 Å². The van der Waals surface area contributed by atoms with E-state index in [-0.39, 0.29) is 5.41 Å². The van der Waals surface area contributed by atoms with Crippen molar-refractivity contribution in [3.8, 4) is 0 Å². The second-order valence-electron chi connectivity index (χ2n) is 9.23. The average Bonchev–Trinajstić information content (AvgIpc) is 3.03. The number of nitrogens with zero attached hydrogens (tertiary/aromatic N) is 2. The predicted octanol–water partition coefficient (Wildman–Crippen LogP) is 7.94. The third kappa shape index (κ3) is 4.83. The molecule has 160 valence electrons. The second-order valence-corrected chi connectivity index (χ2v) is 10.6. The molecule has 1 aromatic heterocycles. The number of fused-ring (bicyclic) bond motifs is 1. The molecule has 2 nitrogen and oxygen atoms in total. The van der Waals surface area contributed by atoms with Crippen molar-refractivity contribution in [3.05, 3.63) is 93.5 Å². The van der Waals surface area contributed by atoms with Crippen molar-refractivity contribution in [1.29, 1.82) is 0 Å². The Balaban J connectivity index is 1.68. The van der Waals surface area contributed by atoms with E-state index in [1.54, 1.807) is 11.8 Å². The molecule has 4 rings (SSSR count). The molecule has 0 spiro atoms. The lowest BCUT2D eigenvalue weighted by molar-refractivity contribution is 0.589. The van der Waals surface area contributed by atoms with E-state index in [9.17, 15) is 0 Å². The SMILES string of the molecule is Cc1cc(C(C)(C)C)cc(C)c1CSc1nc2cc(Cl)ccc2n1Cc1ccccc1. The van der Waals surface area contributed by atoms with Gasteiger partial charge in [-0.2, -0.15) is 0 Å². The topological polar surface area (TPSA) is 17.8 Å². The highest BCUT2D eigenvalue weighted by Gasteiger charge is 2.18. The molecule has 0 radical (unpaired) electrons. The van der Waals surface area contributed by atoms with Crippen molar-refractivity contribution in [2.45, 2.75) is 57.5 Å². The Morgan fingerprint density at radius 1 is 0.935 bits per heavy atom. The molecule has 3 aromatic carbocycles. The van der Waals surface area contributed by atoms with Gasteiger partial charge in [-0.1, -0.05) is 86.6 Å². The van der Waals surface area contributed by atoms with Crippen LogP contribution >= 0.6 is 23.4 Å².